The summed E-state index contributed by atoms with van der Waals surface area (Å²) in [6, 6.07) is 21.6. The lowest BCUT2D eigenvalue weighted by atomic mass is 9.65. The molecule has 1 saturated carbocycles. The van der Waals surface area contributed by atoms with Crippen molar-refractivity contribution in [2.75, 3.05) is 28.8 Å². The number of anilines is 2. The zero-order chi connectivity index (χ0) is 29.3. The lowest BCUT2D eigenvalue weighted by Crippen LogP contribution is -2.44. The minimum Gasteiger partial charge on any atom is -0.497 e. The van der Waals surface area contributed by atoms with Gasteiger partial charge in [-0.05, 0) is 79.3 Å². The van der Waals surface area contributed by atoms with Crippen molar-refractivity contribution in [3.05, 3.63) is 89.5 Å². The molecule has 0 radical (unpaired) electrons. The van der Waals surface area contributed by atoms with Gasteiger partial charge >= 0.3 is 0 Å². The first-order valence-corrected chi connectivity index (χ1v) is 16.3. The van der Waals surface area contributed by atoms with Crippen LogP contribution in [0.3, 0.4) is 0 Å². The molecule has 3 aliphatic rings. The number of rotatable bonds is 9. The Hall–Kier alpha value is -4.11. The van der Waals surface area contributed by atoms with Crippen LogP contribution in [0.4, 0.5) is 11.4 Å². The van der Waals surface area contributed by atoms with Crippen LogP contribution in [-0.4, -0.2) is 41.1 Å². The second-order valence-corrected chi connectivity index (χ2v) is 13.8. The van der Waals surface area contributed by atoms with E-state index in [4.69, 9.17) is 19.7 Å². The Morgan fingerprint density at radius 1 is 1.10 bits per heavy atom. The highest BCUT2D eigenvalue weighted by Crippen LogP contribution is 2.57. The molecular weight excluding hydrogens is 548 g/mol. The second-order valence-electron chi connectivity index (χ2n) is 11.3. The van der Waals surface area contributed by atoms with Gasteiger partial charge < -0.3 is 25.1 Å². The molecule has 2 aliphatic heterocycles. The topological polar surface area (TPSA) is 116 Å². The fourth-order valence-corrected chi connectivity index (χ4v) is 7.70. The maximum Gasteiger partial charge on any atom is 0.238 e. The Morgan fingerprint density at radius 3 is 2.43 bits per heavy atom. The van der Waals surface area contributed by atoms with Crippen molar-refractivity contribution in [3.63, 3.8) is 0 Å². The van der Waals surface area contributed by atoms with Gasteiger partial charge in [-0.1, -0.05) is 36.8 Å². The van der Waals surface area contributed by atoms with E-state index in [1.807, 2.05) is 65.6 Å². The largest absolute Gasteiger partial charge is 0.497 e. The fraction of sp³-hybridized carbons (Fsp3) is 0.333. The van der Waals surface area contributed by atoms with Crippen LogP contribution in [0.25, 0.3) is 5.70 Å². The molecule has 0 aromatic heterocycles. The molecule has 1 aliphatic carbocycles. The van der Waals surface area contributed by atoms with E-state index >= 15 is 0 Å². The van der Waals surface area contributed by atoms with Crippen LogP contribution >= 0.6 is 0 Å². The molecule has 1 spiro atoms. The van der Waals surface area contributed by atoms with Gasteiger partial charge in [0.2, 0.25) is 5.91 Å². The average Bonchev–Trinajstić information content (AvgIpc) is 3.22. The van der Waals surface area contributed by atoms with Crippen molar-refractivity contribution in [1.82, 2.24) is 0 Å². The quantitative estimate of drug-likeness (QED) is 0.253. The molecule has 0 atom stereocenters. The Bertz CT molecular complexity index is 1620. The fourth-order valence-electron chi connectivity index (χ4n) is 6.21. The number of carbonyl (C=O) groups is 1. The normalized spacial score (nSPS) is 22.8. The van der Waals surface area contributed by atoms with Crippen molar-refractivity contribution in [2.45, 2.75) is 50.2 Å². The lowest BCUT2D eigenvalue weighted by Gasteiger charge is -2.37. The molecule has 3 aromatic rings. The van der Waals surface area contributed by atoms with E-state index in [1.54, 1.807) is 13.2 Å². The third-order valence-corrected chi connectivity index (χ3v) is 10.5. The molecule has 6 rings (SSSR count). The molecule has 42 heavy (non-hydrogen) atoms. The first kappa shape index (κ1) is 28.0. The number of hydrogen-bond acceptors (Lipinski definition) is 7. The molecule has 3 aromatic carbocycles. The first-order valence-electron chi connectivity index (χ1n) is 14.4. The molecule has 3 N–H and O–H groups in total. The summed E-state index contributed by atoms with van der Waals surface area (Å²) >= 11 is 0. The number of benzene rings is 3. The summed E-state index contributed by atoms with van der Waals surface area (Å²) in [5.74, 6) is 2.09. The molecule has 2 heterocycles. The van der Waals surface area contributed by atoms with E-state index in [0.29, 0.717) is 36.6 Å². The van der Waals surface area contributed by atoms with Gasteiger partial charge in [-0.2, -0.15) is 0 Å². The van der Waals surface area contributed by atoms with Crippen molar-refractivity contribution in [3.8, 4) is 11.5 Å². The zero-order valence-electron chi connectivity index (χ0n) is 23.7. The maximum atomic E-state index is 14.2. The van der Waals surface area contributed by atoms with Gasteiger partial charge in [0.1, 0.15) is 17.6 Å². The van der Waals surface area contributed by atoms with Crippen molar-refractivity contribution >= 4 is 38.9 Å². The molecule has 1 saturated heterocycles. The number of nitrogens with one attached hydrogen (secondary N) is 3. The minimum absolute atomic E-state index is 0.0907. The number of ether oxygens (including phenoxy) is 2. The van der Waals surface area contributed by atoms with Gasteiger partial charge in [0, 0.05) is 44.4 Å². The zero-order valence-corrected chi connectivity index (χ0v) is 24.5. The standard InChI is InChI=1S/C33H36N4O4S/c1-40-26-10-8-23(9-11-26)22-37-31-28(33(32(37)38)15-5-16-33)20-24(29(12-17-34)36-25-6-3-2-4-7-25)21-30(31)41-27-13-18-42(35,39)19-14-27/h2-4,6-12,17,20-21,27,34-36H,5,13-16,18-19,22H2,1H3/b29-12-,34-17?. The van der Waals surface area contributed by atoms with Gasteiger partial charge in [0.25, 0.3) is 0 Å². The molecule has 0 unspecified atom stereocenters. The first-order chi connectivity index (χ1) is 20.3. The summed E-state index contributed by atoms with van der Waals surface area (Å²) < 4.78 is 32.4. The van der Waals surface area contributed by atoms with Crippen LogP contribution in [0.5, 0.6) is 11.5 Å². The number of hydrogen-bond donors (Lipinski definition) is 3. The number of allylic oxidation sites excluding steroid dienone is 1. The van der Waals surface area contributed by atoms with Crippen LogP contribution in [0.2, 0.25) is 0 Å². The Morgan fingerprint density at radius 2 is 1.81 bits per heavy atom. The third-order valence-electron chi connectivity index (χ3n) is 8.67. The Labute approximate surface area is 247 Å². The number of para-hydroxylation sites is 1. The van der Waals surface area contributed by atoms with Gasteiger partial charge in [-0.25, -0.2) is 4.21 Å². The van der Waals surface area contributed by atoms with Crippen LogP contribution in [-0.2, 0) is 26.5 Å². The Balaban J connectivity index is 1.45. The van der Waals surface area contributed by atoms with E-state index in [9.17, 15) is 9.00 Å². The van der Waals surface area contributed by atoms with Crippen LogP contribution < -0.4 is 19.7 Å². The van der Waals surface area contributed by atoms with Gasteiger partial charge in [-0.15, -0.1) is 0 Å². The van der Waals surface area contributed by atoms with E-state index in [2.05, 4.69) is 11.4 Å². The molecule has 0 bridgehead atoms. The number of methoxy groups -OCH3 is 1. The SMILES string of the molecule is COc1ccc(CN2C(=O)C3(CCC3)c3cc(/C(=C/C=N)Nc4ccccc4)cc(OC4CCS(=N)(=O)CC4)c32)cc1. The highest BCUT2D eigenvalue weighted by Gasteiger charge is 2.55. The lowest BCUT2D eigenvalue weighted by molar-refractivity contribution is -0.126. The number of carbonyl (C=O) groups excluding carboxylic acids is 1. The Kier molecular flexibility index (Phi) is 7.53. The van der Waals surface area contributed by atoms with E-state index in [0.717, 1.165) is 58.8 Å². The molecule has 9 heteroatoms. The molecule has 1 amide bonds. The predicted molar refractivity (Wildman–Crippen MR) is 167 cm³/mol. The summed E-state index contributed by atoms with van der Waals surface area (Å²) in [5, 5.41) is 11.3. The predicted octanol–water partition coefficient (Wildman–Crippen LogP) is 6.35. The average molecular weight is 585 g/mol. The van der Waals surface area contributed by atoms with E-state index in [1.165, 1.54) is 6.21 Å². The van der Waals surface area contributed by atoms with Gasteiger partial charge in [-0.3, -0.25) is 9.57 Å². The highest BCUT2D eigenvalue weighted by atomic mass is 32.2. The van der Waals surface area contributed by atoms with Crippen molar-refractivity contribution in [1.29, 1.82) is 10.2 Å². The van der Waals surface area contributed by atoms with E-state index in [-0.39, 0.29) is 12.0 Å². The second kappa shape index (κ2) is 11.3. The number of fused-ring (bicyclic) bond motifs is 2. The van der Waals surface area contributed by atoms with Crippen LogP contribution in [0.15, 0.2) is 72.8 Å². The third kappa shape index (κ3) is 5.29. The van der Waals surface area contributed by atoms with Crippen molar-refractivity contribution in [2.24, 2.45) is 0 Å². The molecule has 218 valence electrons. The summed E-state index contributed by atoms with van der Waals surface area (Å²) in [6.07, 6.45) is 6.38. The number of amides is 1. The van der Waals surface area contributed by atoms with Crippen molar-refractivity contribution < 1.29 is 18.5 Å². The highest BCUT2D eigenvalue weighted by molar-refractivity contribution is 7.92. The maximum absolute atomic E-state index is 14.2. The monoisotopic (exact) mass is 584 g/mol. The molecule has 2 fully saturated rings. The molecule has 8 nitrogen and oxygen atoms in total. The summed E-state index contributed by atoms with van der Waals surface area (Å²) in [6.45, 7) is 0.407. The summed E-state index contributed by atoms with van der Waals surface area (Å²) in [7, 11) is -0.927. The van der Waals surface area contributed by atoms with Crippen LogP contribution in [0.1, 0.15) is 48.8 Å². The summed E-state index contributed by atoms with van der Waals surface area (Å²) in [4.78, 5) is 16.1. The molecular formula is C33H36N4O4S. The van der Waals surface area contributed by atoms with Gasteiger partial charge in [0.05, 0.1) is 24.8 Å². The number of nitrogens with zero attached hydrogens (tertiary/aromatic N) is 1. The summed E-state index contributed by atoms with van der Waals surface area (Å²) in [5.41, 5.74) is 4.61. The minimum atomic E-state index is -2.56. The van der Waals surface area contributed by atoms with Gasteiger partial charge in [0.15, 0.2) is 0 Å². The van der Waals surface area contributed by atoms with Crippen LogP contribution in [0, 0.1) is 10.2 Å². The van der Waals surface area contributed by atoms with E-state index < -0.39 is 15.1 Å². The smallest absolute Gasteiger partial charge is 0.238 e.